The Kier molecular flexibility index (Phi) is 4.13. The molecule has 1 aromatic heterocycles. The lowest BCUT2D eigenvalue weighted by atomic mass is 9.96. The highest BCUT2D eigenvalue weighted by molar-refractivity contribution is 6.30. The number of nitrogen functional groups attached to an aromatic ring is 1. The van der Waals surface area contributed by atoms with E-state index in [2.05, 4.69) is 11.1 Å². The summed E-state index contributed by atoms with van der Waals surface area (Å²) in [5.74, 6) is -0.688. The molecule has 1 atom stereocenters. The van der Waals surface area contributed by atoms with E-state index in [0.717, 1.165) is 39.8 Å². The summed E-state index contributed by atoms with van der Waals surface area (Å²) in [7, 11) is 0. The molecule has 26 heavy (non-hydrogen) atoms. The molecule has 0 saturated carbocycles. The van der Waals surface area contributed by atoms with Gasteiger partial charge in [0.2, 0.25) is 0 Å². The van der Waals surface area contributed by atoms with Gasteiger partial charge in [-0.1, -0.05) is 41.9 Å². The zero-order chi connectivity index (χ0) is 18.3. The largest absolute Gasteiger partial charge is 0.481 e. The zero-order valence-corrected chi connectivity index (χ0v) is 14.7. The number of aromatic nitrogens is 1. The molecule has 5 heteroatoms. The normalized spacial score (nSPS) is 15.7. The first kappa shape index (κ1) is 16.6. The molecule has 3 aromatic rings. The van der Waals surface area contributed by atoms with Crippen LogP contribution in [-0.4, -0.2) is 16.1 Å². The molecule has 4 rings (SSSR count). The van der Waals surface area contributed by atoms with Crippen LogP contribution in [0, 0.1) is 0 Å². The molecule has 0 amide bonds. The van der Waals surface area contributed by atoms with Crippen molar-refractivity contribution in [3.8, 4) is 22.3 Å². The van der Waals surface area contributed by atoms with Crippen molar-refractivity contribution in [2.24, 2.45) is 0 Å². The molecule has 0 spiro atoms. The summed E-state index contributed by atoms with van der Waals surface area (Å²) >= 11 is 5.97. The van der Waals surface area contributed by atoms with Crippen LogP contribution in [0.1, 0.15) is 23.5 Å². The Bertz CT molecular complexity index is 999. The first-order valence-corrected chi connectivity index (χ1v) is 8.78. The van der Waals surface area contributed by atoms with Crippen LogP contribution in [0.2, 0.25) is 5.02 Å². The minimum atomic E-state index is -0.754. The zero-order valence-electron chi connectivity index (χ0n) is 13.9. The van der Waals surface area contributed by atoms with E-state index in [9.17, 15) is 9.90 Å². The third-order valence-corrected chi connectivity index (χ3v) is 5.18. The second kappa shape index (κ2) is 6.46. The van der Waals surface area contributed by atoms with Crippen molar-refractivity contribution in [3.63, 3.8) is 0 Å². The molecule has 0 aliphatic heterocycles. The first-order chi connectivity index (χ1) is 12.5. The molecule has 0 saturated heterocycles. The fourth-order valence-corrected chi connectivity index (χ4v) is 3.67. The molecule has 2 aromatic carbocycles. The number of rotatable bonds is 3. The van der Waals surface area contributed by atoms with Gasteiger partial charge in [-0.05, 0) is 53.3 Å². The van der Waals surface area contributed by atoms with Crippen molar-refractivity contribution in [2.45, 2.75) is 18.8 Å². The number of pyridine rings is 1. The molecule has 0 fully saturated rings. The maximum Gasteiger partial charge on any atom is 0.310 e. The van der Waals surface area contributed by atoms with Gasteiger partial charge in [-0.15, -0.1) is 0 Å². The number of fused-ring (bicyclic) bond motifs is 1. The standard InChI is InChI=1S/C21H17ClN2O2/c22-16-5-1-12(2-6-16)19-10-15(11-24-20(19)23)13-3-7-17-14(9-13)4-8-18(17)21(25)26/h1-3,5-7,9-11,18H,4,8H2,(H2,23,24)(H,25,26)/t18-/m1/s1. The van der Waals surface area contributed by atoms with Crippen LogP contribution in [0.5, 0.6) is 0 Å². The molecular weight excluding hydrogens is 348 g/mol. The number of halogens is 1. The molecule has 130 valence electrons. The van der Waals surface area contributed by atoms with Crippen LogP contribution < -0.4 is 5.73 Å². The van der Waals surface area contributed by atoms with Gasteiger partial charge in [0.05, 0.1) is 5.92 Å². The predicted molar refractivity (Wildman–Crippen MR) is 103 cm³/mol. The fourth-order valence-electron chi connectivity index (χ4n) is 3.55. The summed E-state index contributed by atoms with van der Waals surface area (Å²) in [4.78, 5) is 15.7. The Balaban J connectivity index is 1.74. The van der Waals surface area contributed by atoms with Gasteiger partial charge in [-0.2, -0.15) is 0 Å². The van der Waals surface area contributed by atoms with E-state index in [-0.39, 0.29) is 0 Å². The first-order valence-electron chi connectivity index (χ1n) is 8.40. The lowest BCUT2D eigenvalue weighted by Gasteiger charge is -2.11. The predicted octanol–water partition coefficient (Wildman–Crippen LogP) is 4.77. The number of nitrogens with zero attached hydrogens (tertiary/aromatic N) is 1. The summed E-state index contributed by atoms with van der Waals surface area (Å²) in [6.45, 7) is 0. The summed E-state index contributed by atoms with van der Waals surface area (Å²) < 4.78 is 0. The number of carboxylic acid groups (broad SMARTS) is 1. The Morgan fingerprint density at radius 3 is 2.54 bits per heavy atom. The van der Waals surface area contributed by atoms with Gasteiger partial charge < -0.3 is 10.8 Å². The SMILES string of the molecule is Nc1ncc(-c2ccc3c(c2)CC[C@H]3C(=O)O)cc1-c1ccc(Cl)cc1. The number of benzene rings is 2. The van der Waals surface area contributed by atoms with Crippen LogP contribution in [0.3, 0.4) is 0 Å². The van der Waals surface area contributed by atoms with Gasteiger partial charge in [0.15, 0.2) is 0 Å². The van der Waals surface area contributed by atoms with E-state index in [0.29, 0.717) is 17.3 Å². The number of hydrogen-bond acceptors (Lipinski definition) is 3. The summed E-state index contributed by atoms with van der Waals surface area (Å²) in [5, 5.41) is 10.00. The highest BCUT2D eigenvalue weighted by atomic mass is 35.5. The molecule has 4 nitrogen and oxygen atoms in total. The topological polar surface area (TPSA) is 76.2 Å². The van der Waals surface area contributed by atoms with Crippen molar-refractivity contribution < 1.29 is 9.90 Å². The van der Waals surface area contributed by atoms with Crippen LogP contribution >= 0.6 is 11.6 Å². The molecule has 1 aliphatic carbocycles. The van der Waals surface area contributed by atoms with E-state index < -0.39 is 11.9 Å². The highest BCUT2D eigenvalue weighted by Crippen LogP contribution is 2.37. The Hall–Kier alpha value is -2.85. The number of hydrogen-bond donors (Lipinski definition) is 2. The molecule has 3 N–H and O–H groups in total. The lowest BCUT2D eigenvalue weighted by Crippen LogP contribution is -2.07. The summed E-state index contributed by atoms with van der Waals surface area (Å²) in [6.07, 6.45) is 3.19. The lowest BCUT2D eigenvalue weighted by molar-refractivity contribution is -0.138. The molecule has 1 heterocycles. The van der Waals surface area contributed by atoms with Crippen LogP contribution in [0.4, 0.5) is 5.82 Å². The van der Waals surface area contributed by atoms with E-state index in [1.807, 2.05) is 42.5 Å². The smallest absolute Gasteiger partial charge is 0.310 e. The van der Waals surface area contributed by atoms with Gasteiger partial charge >= 0.3 is 5.97 Å². The van der Waals surface area contributed by atoms with Crippen molar-refractivity contribution in [2.75, 3.05) is 5.73 Å². The average Bonchev–Trinajstić information content (AvgIpc) is 3.06. The Morgan fingerprint density at radius 2 is 1.81 bits per heavy atom. The number of aliphatic carboxylic acids is 1. The van der Waals surface area contributed by atoms with Crippen molar-refractivity contribution in [1.82, 2.24) is 4.98 Å². The number of aryl methyl sites for hydroxylation is 1. The van der Waals surface area contributed by atoms with E-state index in [1.54, 1.807) is 6.20 Å². The van der Waals surface area contributed by atoms with Crippen molar-refractivity contribution in [1.29, 1.82) is 0 Å². The third-order valence-electron chi connectivity index (χ3n) is 4.93. The van der Waals surface area contributed by atoms with Gasteiger partial charge in [0, 0.05) is 22.3 Å². The van der Waals surface area contributed by atoms with Gasteiger partial charge in [-0.3, -0.25) is 4.79 Å². The molecule has 1 aliphatic rings. The van der Waals surface area contributed by atoms with E-state index in [1.165, 1.54) is 0 Å². The summed E-state index contributed by atoms with van der Waals surface area (Å²) in [6, 6.07) is 15.4. The van der Waals surface area contributed by atoms with Crippen molar-refractivity contribution in [3.05, 3.63) is 70.9 Å². The molecule has 0 radical (unpaired) electrons. The van der Waals surface area contributed by atoms with Crippen molar-refractivity contribution >= 4 is 23.4 Å². The number of carbonyl (C=O) groups is 1. The molecule has 0 bridgehead atoms. The quantitative estimate of drug-likeness (QED) is 0.702. The molecule has 0 unspecified atom stereocenters. The second-order valence-electron chi connectivity index (χ2n) is 6.51. The average molecular weight is 365 g/mol. The Morgan fingerprint density at radius 1 is 1.08 bits per heavy atom. The number of nitrogens with two attached hydrogens (primary N) is 1. The number of carboxylic acids is 1. The summed E-state index contributed by atoms with van der Waals surface area (Å²) in [5.41, 5.74) is 11.8. The second-order valence-corrected chi connectivity index (χ2v) is 6.94. The third kappa shape index (κ3) is 2.93. The maximum atomic E-state index is 11.3. The highest BCUT2D eigenvalue weighted by Gasteiger charge is 2.28. The monoisotopic (exact) mass is 364 g/mol. The minimum Gasteiger partial charge on any atom is -0.481 e. The van der Waals surface area contributed by atoms with Crippen LogP contribution in [0.25, 0.3) is 22.3 Å². The minimum absolute atomic E-state index is 0.395. The van der Waals surface area contributed by atoms with Crippen LogP contribution in [0.15, 0.2) is 54.7 Å². The maximum absolute atomic E-state index is 11.3. The molecular formula is C21H17ClN2O2. The van der Waals surface area contributed by atoms with Crippen LogP contribution in [-0.2, 0) is 11.2 Å². The van der Waals surface area contributed by atoms with Gasteiger partial charge in [0.25, 0.3) is 0 Å². The van der Waals surface area contributed by atoms with E-state index >= 15 is 0 Å². The Labute approximate surface area is 156 Å². The number of anilines is 1. The van der Waals surface area contributed by atoms with Gasteiger partial charge in [0.1, 0.15) is 5.82 Å². The van der Waals surface area contributed by atoms with E-state index in [4.69, 9.17) is 17.3 Å². The van der Waals surface area contributed by atoms with Gasteiger partial charge in [-0.25, -0.2) is 4.98 Å². The fraction of sp³-hybridized carbons (Fsp3) is 0.143.